The Bertz CT molecular complexity index is 1390. The molecule has 3 aromatic carbocycles. The fraction of sp³-hybridized carbons (Fsp3) is 0.138. The van der Waals surface area contributed by atoms with Crippen molar-refractivity contribution in [3.63, 3.8) is 0 Å². The van der Waals surface area contributed by atoms with E-state index in [0.717, 1.165) is 16.7 Å². The Hall–Kier alpha value is -4.63. The van der Waals surface area contributed by atoms with Gasteiger partial charge in [-0.1, -0.05) is 91.0 Å². The van der Waals surface area contributed by atoms with Crippen LogP contribution in [0, 0.1) is 17.2 Å². The second kappa shape index (κ2) is 9.70. The quantitative estimate of drug-likeness (QED) is 0.412. The van der Waals surface area contributed by atoms with Crippen LogP contribution in [0.3, 0.4) is 0 Å². The fourth-order valence-corrected chi connectivity index (χ4v) is 4.42. The van der Waals surface area contributed by atoms with Gasteiger partial charge in [0.15, 0.2) is 0 Å². The van der Waals surface area contributed by atoms with Crippen LogP contribution >= 0.6 is 0 Å². The third-order valence-electron chi connectivity index (χ3n) is 6.16. The Morgan fingerprint density at radius 1 is 0.943 bits per heavy atom. The molecule has 0 spiro atoms. The zero-order valence-electron chi connectivity index (χ0n) is 19.0. The summed E-state index contributed by atoms with van der Waals surface area (Å²) in [6.45, 7) is 0.781. The minimum absolute atomic E-state index is 0.0658. The molecule has 0 saturated carbocycles. The van der Waals surface area contributed by atoms with Gasteiger partial charge < -0.3 is 9.32 Å². The summed E-state index contributed by atoms with van der Waals surface area (Å²) in [5.74, 6) is -0.313. The van der Waals surface area contributed by atoms with Crippen LogP contribution in [-0.2, 0) is 16.1 Å². The number of nitriles is 1. The van der Waals surface area contributed by atoms with Gasteiger partial charge in [0.25, 0.3) is 0 Å². The zero-order chi connectivity index (χ0) is 24.2. The first-order chi connectivity index (χ1) is 17.1. The number of likely N-dealkylation sites (tertiary alicyclic amines) is 1. The summed E-state index contributed by atoms with van der Waals surface area (Å²) in [5, 5.41) is 12.8. The summed E-state index contributed by atoms with van der Waals surface area (Å²) in [6, 6.07) is 30.9. The van der Waals surface area contributed by atoms with Crippen molar-refractivity contribution in [3.8, 4) is 28.5 Å². The number of carbonyl (C=O) groups is 2. The maximum atomic E-state index is 13.2. The number of nitrogens with zero attached hydrogens (tertiary/aromatic N) is 2. The molecule has 2 heterocycles. The average Bonchev–Trinajstić information content (AvgIpc) is 3.45. The molecule has 0 bridgehead atoms. The molecule has 4 aromatic rings. The van der Waals surface area contributed by atoms with Gasteiger partial charge in [-0.15, -0.1) is 0 Å². The van der Waals surface area contributed by atoms with Gasteiger partial charge >= 0.3 is 0 Å². The zero-order valence-corrected chi connectivity index (χ0v) is 19.0. The minimum Gasteiger partial charge on any atom is -0.438 e. The maximum absolute atomic E-state index is 13.2. The second-order valence-electron chi connectivity index (χ2n) is 8.50. The average molecular weight is 462 g/mol. The molecule has 172 valence electrons. The maximum Gasteiger partial charge on any atom is 0.232 e. The van der Waals surface area contributed by atoms with Crippen LogP contribution in [0.2, 0.25) is 0 Å². The lowest BCUT2D eigenvalue weighted by Gasteiger charge is -2.16. The molecule has 1 fully saturated rings. The molecule has 1 aromatic heterocycles. The predicted octanol–water partition coefficient (Wildman–Crippen LogP) is 5.47. The monoisotopic (exact) mass is 461 g/mol. The Morgan fingerprint density at radius 2 is 1.54 bits per heavy atom. The van der Waals surface area contributed by atoms with E-state index in [1.54, 1.807) is 4.90 Å². The van der Waals surface area contributed by atoms with Gasteiger partial charge in [0, 0.05) is 30.6 Å². The van der Waals surface area contributed by atoms with Crippen LogP contribution < -0.4 is 5.32 Å². The fourth-order valence-electron chi connectivity index (χ4n) is 4.42. The number of anilines is 1. The van der Waals surface area contributed by atoms with Crippen LogP contribution in [-0.4, -0.2) is 23.3 Å². The van der Waals surface area contributed by atoms with Crippen LogP contribution in [0.5, 0.6) is 0 Å². The van der Waals surface area contributed by atoms with E-state index < -0.39 is 5.92 Å². The van der Waals surface area contributed by atoms with E-state index in [9.17, 15) is 14.9 Å². The third-order valence-corrected chi connectivity index (χ3v) is 6.16. The molecule has 6 nitrogen and oxygen atoms in total. The number of hydrogen-bond acceptors (Lipinski definition) is 4. The van der Waals surface area contributed by atoms with Gasteiger partial charge in [-0.25, -0.2) is 0 Å². The third kappa shape index (κ3) is 4.57. The molecule has 1 N–H and O–H groups in total. The molecule has 2 amide bonds. The molecule has 5 rings (SSSR count). The molecule has 0 aliphatic carbocycles. The van der Waals surface area contributed by atoms with E-state index in [1.165, 1.54) is 0 Å². The van der Waals surface area contributed by atoms with Crippen LogP contribution in [0.4, 0.5) is 5.88 Å². The van der Waals surface area contributed by atoms with Crippen molar-refractivity contribution in [2.45, 2.75) is 13.0 Å². The van der Waals surface area contributed by atoms with Crippen LogP contribution in [0.1, 0.15) is 17.5 Å². The highest BCUT2D eigenvalue weighted by molar-refractivity contribution is 5.99. The first-order valence-corrected chi connectivity index (χ1v) is 11.4. The van der Waals surface area contributed by atoms with Crippen molar-refractivity contribution < 1.29 is 14.0 Å². The second-order valence-corrected chi connectivity index (χ2v) is 8.50. The molecule has 35 heavy (non-hydrogen) atoms. The van der Waals surface area contributed by atoms with E-state index in [-0.39, 0.29) is 29.7 Å². The molecule has 6 heteroatoms. The van der Waals surface area contributed by atoms with E-state index >= 15 is 0 Å². The number of benzene rings is 3. The summed E-state index contributed by atoms with van der Waals surface area (Å²) in [6.07, 6.45) is 0.123. The predicted molar refractivity (Wildman–Crippen MR) is 133 cm³/mol. The number of hydrogen-bond donors (Lipinski definition) is 1. The molecule has 1 aliphatic heterocycles. The number of amides is 2. The van der Waals surface area contributed by atoms with Crippen molar-refractivity contribution in [1.29, 1.82) is 5.26 Å². The topological polar surface area (TPSA) is 86.3 Å². The molecule has 1 aliphatic rings. The highest BCUT2D eigenvalue weighted by Gasteiger charge is 2.35. The van der Waals surface area contributed by atoms with Crippen LogP contribution in [0.15, 0.2) is 95.4 Å². The Labute approximate surface area is 203 Å². The van der Waals surface area contributed by atoms with Crippen molar-refractivity contribution in [2.75, 3.05) is 11.9 Å². The summed E-state index contributed by atoms with van der Waals surface area (Å²) < 4.78 is 6.10. The lowest BCUT2D eigenvalue weighted by molar-refractivity contribution is -0.128. The number of furan rings is 1. The van der Waals surface area contributed by atoms with E-state index in [1.807, 2.05) is 91.0 Å². The molecule has 1 saturated heterocycles. The Kier molecular flexibility index (Phi) is 6.15. The number of nitrogens with one attached hydrogen (secondary N) is 1. The minimum atomic E-state index is -0.525. The highest BCUT2D eigenvalue weighted by Crippen LogP contribution is 2.41. The SMILES string of the molecule is N#Cc1c(NC(=O)C2CC(=O)N(Cc3ccccc3)C2)oc(-c2ccccc2)c1-c1ccccc1. The highest BCUT2D eigenvalue weighted by atomic mass is 16.4. The lowest BCUT2D eigenvalue weighted by Crippen LogP contribution is -2.28. The van der Waals surface area contributed by atoms with Gasteiger partial charge in [-0.2, -0.15) is 5.26 Å². The summed E-state index contributed by atoms with van der Waals surface area (Å²) in [7, 11) is 0. The first kappa shape index (κ1) is 22.2. The summed E-state index contributed by atoms with van der Waals surface area (Å²) in [5.41, 5.74) is 3.52. The van der Waals surface area contributed by atoms with Gasteiger partial charge in [-0.05, 0) is 11.1 Å². The van der Waals surface area contributed by atoms with E-state index in [0.29, 0.717) is 24.4 Å². The number of rotatable bonds is 6. The Balaban J connectivity index is 1.42. The standard InChI is InChI=1S/C29H23N3O3/c30-17-24-26(21-12-6-2-7-13-21)27(22-14-8-3-9-15-22)35-29(24)31-28(34)23-16-25(33)32(19-23)18-20-10-4-1-5-11-20/h1-15,23H,16,18-19H2,(H,31,34). The molecular weight excluding hydrogens is 438 g/mol. The van der Waals surface area contributed by atoms with Gasteiger partial charge in [-0.3, -0.25) is 14.9 Å². The Morgan fingerprint density at radius 3 is 2.17 bits per heavy atom. The largest absolute Gasteiger partial charge is 0.438 e. The van der Waals surface area contributed by atoms with Crippen molar-refractivity contribution >= 4 is 17.7 Å². The van der Waals surface area contributed by atoms with E-state index in [2.05, 4.69) is 11.4 Å². The molecular formula is C29H23N3O3. The van der Waals surface area contributed by atoms with Gasteiger partial charge in [0.2, 0.25) is 17.7 Å². The summed E-state index contributed by atoms with van der Waals surface area (Å²) >= 11 is 0. The van der Waals surface area contributed by atoms with Gasteiger partial charge in [0.1, 0.15) is 17.4 Å². The first-order valence-electron chi connectivity index (χ1n) is 11.4. The van der Waals surface area contributed by atoms with Crippen LogP contribution in [0.25, 0.3) is 22.5 Å². The molecule has 1 atom stereocenters. The van der Waals surface area contributed by atoms with Crippen molar-refractivity contribution in [2.24, 2.45) is 5.92 Å². The normalized spacial score (nSPS) is 15.1. The smallest absolute Gasteiger partial charge is 0.232 e. The van der Waals surface area contributed by atoms with Crippen molar-refractivity contribution in [1.82, 2.24) is 4.90 Å². The number of carbonyl (C=O) groups excluding carboxylic acids is 2. The molecule has 1 unspecified atom stereocenters. The van der Waals surface area contributed by atoms with Gasteiger partial charge in [0.05, 0.1) is 5.92 Å². The van der Waals surface area contributed by atoms with Crippen molar-refractivity contribution in [3.05, 3.63) is 102 Å². The van der Waals surface area contributed by atoms with E-state index in [4.69, 9.17) is 4.42 Å². The molecule has 0 radical (unpaired) electrons. The summed E-state index contributed by atoms with van der Waals surface area (Å²) in [4.78, 5) is 27.4. The lowest BCUT2D eigenvalue weighted by atomic mass is 9.98.